The van der Waals surface area contributed by atoms with E-state index in [0.29, 0.717) is 12.2 Å². The van der Waals surface area contributed by atoms with Crippen molar-refractivity contribution < 1.29 is 4.79 Å². The minimum Gasteiger partial charge on any atom is -0.337 e. The molecule has 0 bridgehead atoms. The largest absolute Gasteiger partial charge is 0.337 e. The van der Waals surface area contributed by atoms with Crippen LogP contribution in [0.15, 0.2) is 36.4 Å². The molecule has 8 heteroatoms. The maximum atomic E-state index is 12.8. The van der Waals surface area contributed by atoms with Crippen molar-refractivity contribution in [1.82, 2.24) is 35.3 Å². The molecule has 0 aliphatic carbocycles. The summed E-state index contributed by atoms with van der Waals surface area (Å²) in [5.41, 5.74) is 2.27. The molecule has 0 spiro atoms. The van der Waals surface area contributed by atoms with Crippen LogP contribution in [-0.2, 0) is 7.05 Å². The third-order valence-electron chi connectivity index (χ3n) is 4.60. The standard InChI is InChI=1S/C17H19N7O/c1-23-16(20-21-22-23)13-8-5-9-24(11-13)17(25)15-10-14(18-19-15)12-6-3-2-4-7-12/h2-4,6-7,10,13H,5,8-9,11H2,1H3,(H,18,19). The van der Waals surface area contributed by atoms with Crippen LogP contribution in [0.5, 0.6) is 0 Å². The van der Waals surface area contributed by atoms with Gasteiger partial charge >= 0.3 is 0 Å². The van der Waals surface area contributed by atoms with Crippen LogP contribution in [-0.4, -0.2) is 54.3 Å². The highest BCUT2D eigenvalue weighted by molar-refractivity contribution is 5.93. The Labute approximate surface area is 144 Å². The molecule has 1 amide bonds. The van der Waals surface area contributed by atoms with E-state index >= 15 is 0 Å². The molecule has 2 aromatic heterocycles. The Bertz CT molecular complexity index is 870. The van der Waals surface area contributed by atoms with Gasteiger partial charge < -0.3 is 4.90 Å². The minimum atomic E-state index is -0.0329. The van der Waals surface area contributed by atoms with Crippen molar-refractivity contribution in [3.8, 4) is 11.3 Å². The third-order valence-corrected chi connectivity index (χ3v) is 4.60. The SMILES string of the molecule is Cn1nnnc1C1CCCN(C(=O)c2cc(-c3ccccc3)n[nH]2)C1. The number of hydrogen-bond donors (Lipinski definition) is 1. The van der Waals surface area contributed by atoms with E-state index in [1.54, 1.807) is 4.68 Å². The molecule has 3 aromatic rings. The van der Waals surface area contributed by atoms with Gasteiger partial charge in [-0.2, -0.15) is 5.10 Å². The zero-order chi connectivity index (χ0) is 17.2. The van der Waals surface area contributed by atoms with Gasteiger partial charge in [-0.15, -0.1) is 5.10 Å². The van der Waals surface area contributed by atoms with Crippen LogP contribution in [0, 0.1) is 0 Å². The number of nitrogens with one attached hydrogen (secondary N) is 1. The van der Waals surface area contributed by atoms with E-state index in [9.17, 15) is 4.79 Å². The molecule has 1 N–H and O–H groups in total. The highest BCUT2D eigenvalue weighted by Gasteiger charge is 2.29. The molecule has 3 heterocycles. The zero-order valence-corrected chi connectivity index (χ0v) is 14.0. The number of rotatable bonds is 3. The Morgan fingerprint density at radius 1 is 1.28 bits per heavy atom. The predicted octanol–water partition coefficient (Wildman–Crippen LogP) is 1.62. The number of likely N-dealkylation sites (tertiary alicyclic amines) is 1. The molecule has 1 aliphatic rings. The Balaban J connectivity index is 1.51. The van der Waals surface area contributed by atoms with Crippen LogP contribution in [0.3, 0.4) is 0 Å². The van der Waals surface area contributed by atoms with Gasteiger partial charge in [0.25, 0.3) is 5.91 Å². The summed E-state index contributed by atoms with van der Waals surface area (Å²) in [6.07, 6.45) is 1.92. The summed E-state index contributed by atoms with van der Waals surface area (Å²) in [5.74, 6) is 0.954. The second kappa shape index (κ2) is 6.46. The molecule has 128 valence electrons. The highest BCUT2D eigenvalue weighted by atomic mass is 16.2. The fraction of sp³-hybridized carbons (Fsp3) is 0.353. The van der Waals surface area contributed by atoms with E-state index < -0.39 is 0 Å². The lowest BCUT2D eigenvalue weighted by atomic mass is 9.97. The summed E-state index contributed by atoms with van der Waals surface area (Å²) in [5, 5.41) is 18.8. The van der Waals surface area contributed by atoms with Crippen molar-refractivity contribution in [3.05, 3.63) is 47.9 Å². The van der Waals surface area contributed by atoms with E-state index in [-0.39, 0.29) is 11.8 Å². The smallest absolute Gasteiger partial charge is 0.271 e. The number of benzene rings is 1. The lowest BCUT2D eigenvalue weighted by molar-refractivity contribution is 0.0697. The lowest BCUT2D eigenvalue weighted by Crippen LogP contribution is -2.39. The highest BCUT2D eigenvalue weighted by Crippen LogP contribution is 2.26. The number of hydrogen-bond acceptors (Lipinski definition) is 5. The second-order valence-electron chi connectivity index (χ2n) is 6.28. The number of nitrogens with zero attached hydrogens (tertiary/aromatic N) is 6. The first-order valence-corrected chi connectivity index (χ1v) is 8.35. The van der Waals surface area contributed by atoms with Gasteiger partial charge in [-0.3, -0.25) is 9.89 Å². The van der Waals surface area contributed by atoms with Crippen LogP contribution >= 0.6 is 0 Å². The summed E-state index contributed by atoms with van der Waals surface area (Å²) in [7, 11) is 1.83. The van der Waals surface area contributed by atoms with Gasteiger partial charge in [0, 0.05) is 31.6 Å². The van der Waals surface area contributed by atoms with Crippen molar-refractivity contribution in [1.29, 1.82) is 0 Å². The number of aromatic nitrogens is 6. The van der Waals surface area contributed by atoms with E-state index in [0.717, 1.165) is 36.5 Å². The average molecular weight is 337 g/mol. The van der Waals surface area contributed by atoms with Crippen LogP contribution in [0.25, 0.3) is 11.3 Å². The van der Waals surface area contributed by atoms with Gasteiger partial charge in [-0.25, -0.2) is 4.68 Å². The van der Waals surface area contributed by atoms with Crippen molar-refractivity contribution in [2.75, 3.05) is 13.1 Å². The molecule has 1 unspecified atom stereocenters. The average Bonchev–Trinajstić information content (AvgIpc) is 3.31. The lowest BCUT2D eigenvalue weighted by Gasteiger charge is -2.31. The van der Waals surface area contributed by atoms with Gasteiger partial charge in [0.2, 0.25) is 0 Å². The van der Waals surface area contributed by atoms with Gasteiger partial charge in [0.1, 0.15) is 5.69 Å². The maximum absolute atomic E-state index is 12.8. The summed E-state index contributed by atoms with van der Waals surface area (Å²) in [6, 6.07) is 11.6. The topological polar surface area (TPSA) is 92.6 Å². The van der Waals surface area contributed by atoms with E-state index in [2.05, 4.69) is 25.7 Å². The normalized spacial score (nSPS) is 17.6. The van der Waals surface area contributed by atoms with Crippen LogP contribution in [0.1, 0.15) is 35.1 Å². The first-order valence-electron chi connectivity index (χ1n) is 8.35. The number of H-pyrrole nitrogens is 1. The predicted molar refractivity (Wildman–Crippen MR) is 90.7 cm³/mol. The van der Waals surface area contributed by atoms with Gasteiger partial charge in [0.05, 0.1) is 5.69 Å². The Kier molecular flexibility index (Phi) is 4.01. The molecular formula is C17H19N7O. The van der Waals surface area contributed by atoms with Crippen molar-refractivity contribution in [2.24, 2.45) is 7.05 Å². The Hall–Kier alpha value is -3.03. The zero-order valence-electron chi connectivity index (χ0n) is 14.0. The van der Waals surface area contributed by atoms with Crippen LogP contribution in [0.4, 0.5) is 0 Å². The molecule has 1 atom stereocenters. The summed E-state index contributed by atoms with van der Waals surface area (Å²) < 4.78 is 1.68. The molecular weight excluding hydrogens is 318 g/mol. The van der Waals surface area contributed by atoms with Crippen LogP contribution in [0.2, 0.25) is 0 Å². The van der Waals surface area contributed by atoms with Gasteiger partial charge in [-0.1, -0.05) is 30.3 Å². The van der Waals surface area contributed by atoms with E-state index in [4.69, 9.17) is 0 Å². The monoisotopic (exact) mass is 337 g/mol. The number of amides is 1. The molecule has 1 aromatic carbocycles. The number of piperidine rings is 1. The summed E-state index contributed by atoms with van der Waals surface area (Å²) in [4.78, 5) is 14.7. The van der Waals surface area contributed by atoms with Crippen molar-refractivity contribution in [2.45, 2.75) is 18.8 Å². The van der Waals surface area contributed by atoms with Gasteiger partial charge in [-0.05, 0) is 29.3 Å². The number of aryl methyl sites for hydroxylation is 1. The quantitative estimate of drug-likeness (QED) is 0.784. The Morgan fingerprint density at radius 2 is 2.12 bits per heavy atom. The van der Waals surface area contributed by atoms with Crippen molar-refractivity contribution >= 4 is 5.91 Å². The first-order chi connectivity index (χ1) is 12.2. The molecule has 1 fully saturated rings. The molecule has 4 rings (SSSR count). The number of tetrazole rings is 1. The number of carbonyl (C=O) groups excluding carboxylic acids is 1. The van der Waals surface area contributed by atoms with E-state index in [1.807, 2.05) is 48.3 Å². The molecule has 0 saturated carbocycles. The second-order valence-corrected chi connectivity index (χ2v) is 6.28. The Morgan fingerprint density at radius 3 is 2.88 bits per heavy atom. The third kappa shape index (κ3) is 3.02. The summed E-state index contributed by atoms with van der Waals surface area (Å²) >= 11 is 0. The molecule has 1 aliphatic heterocycles. The van der Waals surface area contributed by atoms with E-state index in [1.165, 1.54) is 0 Å². The fourth-order valence-corrected chi connectivity index (χ4v) is 3.31. The summed E-state index contributed by atoms with van der Waals surface area (Å²) in [6.45, 7) is 1.35. The molecule has 25 heavy (non-hydrogen) atoms. The first kappa shape index (κ1) is 15.5. The molecule has 8 nitrogen and oxygen atoms in total. The number of aromatic amines is 1. The van der Waals surface area contributed by atoms with Crippen molar-refractivity contribution in [3.63, 3.8) is 0 Å². The van der Waals surface area contributed by atoms with Gasteiger partial charge in [0.15, 0.2) is 5.82 Å². The van der Waals surface area contributed by atoms with Crippen LogP contribution < -0.4 is 0 Å². The maximum Gasteiger partial charge on any atom is 0.271 e. The number of carbonyl (C=O) groups is 1. The minimum absolute atomic E-state index is 0.0329. The molecule has 0 radical (unpaired) electrons. The molecule has 1 saturated heterocycles. The fourth-order valence-electron chi connectivity index (χ4n) is 3.31.